The Hall–Kier alpha value is -1.95. The van der Waals surface area contributed by atoms with Gasteiger partial charge in [-0.25, -0.2) is 0 Å². The van der Waals surface area contributed by atoms with Crippen molar-refractivity contribution in [3.63, 3.8) is 0 Å². The first-order chi connectivity index (χ1) is 13.7. The molecule has 3 N–H and O–H groups in total. The molecule has 0 radical (unpaired) electrons. The largest absolute Gasteiger partial charge is 0.392 e. The third kappa shape index (κ3) is 4.63. The Morgan fingerprint density at radius 1 is 1.34 bits per heavy atom. The second-order valence-electron chi connectivity index (χ2n) is 9.45. The van der Waals surface area contributed by atoms with Gasteiger partial charge in [0.2, 0.25) is 11.8 Å². The summed E-state index contributed by atoms with van der Waals surface area (Å²) in [6.45, 7) is 8.33. The average molecular weight is 402 g/mol. The Labute approximate surface area is 173 Å². The average Bonchev–Trinajstić information content (AvgIpc) is 2.68. The fourth-order valence-corrected chi connectivity index (χ4v) is 5.81. The zero-order valence-corrected chi connectivity index (χ0v) is 18.0. The van der Waals surface area contributed by atoms with E-state index < -0.39 is 6.10 Å². The van der Waals surface area contributed by atoms with Crippen LogP contribution in [0.25, 0.3) is 0 Å². The molecule has 2 fully saturated rings. The molecule has 7 atom stereocenters. The van der Waals surface area contributed by atoms with Crippen LogP contribution in [-0.4, -0.2) is 34.1 Å². The summed E-state index contributed by atoms with van der Waals surface area (Å²) < 4.78 is 0. The van der Waals surface area contributed by atoms with E-state index in [1.807, 2.05) is 19.1 Å². The highest BCUT2D eigenvalue weighted by Crippen LogP contribution is 2.55. The number of aliphatic hydroxyl groups excluding tert-OH is 1. The fourth-order valence-electron chi connectivity index (χ4n) is 5.81. The molecule has 0 saturated heterocycles. The third-order valence-electron chi connectivity index (χ3n) is 7.52. The molecule has 2 saturated carbocycles. The van der Waals surface area contributed by atoms with Gasteiger partial charge in [-0.3, -0.25) is 14.6 Å². The van der Waals surface area contributed by atoms with Crippen LogP contribution in [0.4, 0.5) is 0 Å². The second-order valence-corrected chi connectivity index (χ2v) is 9.45. The molecule has 0 spiro atoms. The molecule has 29 heavy (non-hydrogen) atoms. The summed E-state index contributed by atoms with van der Waals surface area (Å²) in [4.78, 5) is 28.5. The maximum atomic E-state index is 12.8. The number of nitrogens with zero attached hydrogens (tertiary/aromatic N) is 1. The zero-order chi connectivity index (χ0) is 21.2. The number of pyridine rings is 1. The highest BCUT2D eigenvalue weighted by molar-refractivity contribution is 5.78. The first kappa shape index (κ1) is 21.8. The normalized spacial score (nSPS) is 35.3. The molecule has 1 aromatic heterocycles. The summed E-state index contributed by atoms with van der Waals surface area (Å²) in [5.41, 5.74) is 1.03. The van der Waals surface area contributed by atoms with Crippen molar-refractivity contribution in [3.05, 3.63) is 30.1 Å². The Bertz CT molecular complexity index is 725. The molecule has 3 rings (SSSR count). The van der Waals surface area contributed by atoms with Crippen LogP contribution in [0.15, 0.2) is 24.5 Å². The first-order valence-electron chi connectivity index (χ1n) is 10.8. The molecular weight excluding hydrogens is 366 g/mol. The van der Waals surface area contributed by atoms with E-state index in [2.05, 4.69) is 29.5 Å². The third-order valence-corrected chi connectivity index (χ3v) is 7.52. The van der Waals surface area contributed by atoms with Crippen LogP contribution in [0.2, 0.25) is 0 Å². The number of hydrogen-bond acceptors (Lipinski definition) is 4. The minimum absolute atomic E-state index is 0.0181. The molecule has 0 aromatic carbocycles. The first-order valence-corrected chi connectivity index (χ1v) is 10.8. The van der Waals surface area contributed by atoms with Crippen molar-refractivity contribution >= 4 is 11.8 Å². The highest BCUT2D eigenvalue weighted by Gasteiger charge is 2.53. The number of carbonyl (C=O) groups is 2. The number of aliphatic hydroxyl groups is 1. The number of fused-ring (bicyclic) bond motifs is 1. The number of rotatable bonds is 5. The Morgan fingerprint density at radius 3 is 2.72 bits per heavy atom. The van der Waals surface area contributed by atoms with Gasteiger partial charge in [-0.1, -0.05) is 26.8 Å². The van der Waals surface area contributed by atoms with Crippen molar-refractivity contribution in [1.82, 2.24) is 15.6 Å². The molecule has 6 heteroatoms. The van der Waals surface area contributed by atoms with Crippen molar-refractivity contribution in [3.8, 4) is 0 Å². The van der Waals surface area contributed by atoms with Crippen LogP contribution >= 0.6 is 0 Å². The summed E-state index contributed by atoms with van der Waals surface area (Å²) in [6.07, 6.45) is 6.73. The van der Waals surface area contributed by atoms with E-state index in [9.17, 15) is 14.7 Å². The number of nitrogens with one attached hydrogen (secondary N) is 2. The van der Waals surface area contributed by atoms with Crippen molar-refractivity contribution in [1.29, 1.82) is 0 Å². The van der Waals surface area contributed by atoms with Crippen LogP contribution in [-0.2, 0) is 16.1 Å². The van der Waals surface area contributed by atoms with E-state index in [4.69, 9.17) is 0 Å². The van der Waals surface area contributed by atoms with Gasteiger partial charge in [-0.15, -0.1) is 0 Å². The van der Waals surface area contributed by atoms with Crippen LogP contribution in [0, 0.1) is 29.1 Å². The van der Waals surface area contributed by atoms with Gasteiger partial charge in [0, 0.05) is 37.8 Å². The zero-order valence-electron chi connectivity index (χ0n) is 18.0. The highest BCUT2D eigenvalue weighted by atomic mass is 16.3. The molecule has 2 aliphatic rings. The van der Waals surface area contributed by atoms with E-state index >= 15 is 0 Å². The summed E-state index contributed by atoms with van der Waals surface area (Å²) in [5.74, 6) is -0.111. The molecule has 0 bridgehead atoms. The van der Waals surface area contributed by atoms with E-state index in [0.29, 0.717) is 6.54 Å². The maximum Gasteiger partial charge on any atom is 0.223 e. The predicted octanol–water partition coefficient (Wildman–Crippen LogP) is 2.66. The van der Waals surface area contributed by atoms with Gasteiger partial charge in [0.15, 0.2) is 0 Å². The van der Waals surface area contributed by atoms with Gasteiger partial charge < -0.3 is 15.7 Å². The molecule has 2 aliphatic carbocycles. The van der Waals surface area contributed by atoms with Crippen molar-refractivity contribution < 1.29 is 14.7 Å². The topological polar surface area (TPSA) is 91.3 Å². The van der Waals surface area contributed by atoms with Crippen LogP contribution in [0.1, 0.15) is 58.9 Å². The molecule has 2 amide bonds. The Morgan fingerprint density at radius 2 is 2.07 bits per heavy atom. The number of hydrogen-bond donors (Lipinski definition) is 3. The Kier molecular flexibility index (Phi) is 6.62. The Balaban J connectivity index is 1.67. The predicted molar refractivity (Wildman–Crippen MR) is 112 cm³/mol. The lowest BCUT2D eigenvalue weighted by atomic mass is 9.51. The summed E-state index contributed by atoms with van der Waals surface area (Å²) in [7, 11) is 0. The molecule has 0 aliphatic heterocycles. The SMILES string of the molecule is CC(=O)N[C@H]1CC[C@]2(C)CC[C@H]([C@H](C)C(=O)NCc3cccnc3)[C@H](O)[C@H]2[C@@H]1C. The number of amides is 2. The smallest absolute Gasteiger partial charge is 0.223 e. The van der Waals surface area contributed by atoms with Gasteiger partial charge in [-0.2, -0.15) is 0 Å². The monoisotopic (exact) mass is 401 g/mol. The summed E-state index contributed by atoms with van der Waals surface area (Å²) in [5, 5.41) is 17.4. The molecule has 160 valence electrons. The summed E-state index contributed by atoms with van der Waals surface area (Å²) >= 11 is 0. The molecular formula is C23H35N3O3. The number of aromatic nitrogens is 1. The van der Waals surface area contributed by atoms with Gasteiger partial charge in [0.1, 0.15) is 0 Å². The minimum Gasteiger partial charge on any atom is -0.392 e. The van der Waals surface area contributed by atoms with Gasteiger partial charge >= 0.3 is 0 Å². The number of carbonyl (C=O) groups excluding carboxylic acids is 2. The molecule has 6 nitrogen and oxygen atoms in total. The van der Waals surface area contributed by atoms with Crippen LogP contribution in [0.3, 0.4) is 0 Å². The lowest BCUT2D eigenvalue weighted by Gasteiger charge is -2.56. The van der Waals surface area contributed by atoms with Crippen molar-refractivity contribution in [2.45, 2.75) is 72.1 Å². The van der Waals surface area contributed by atoms with Crippen LogP contribution < -0.4 is 10.6 Å². The molecule has 1 aromatic rings. The summed E-state index contributed by atoms with van der Waals surface area (Å²) in [6, 6.07) is 3.88. The maximum absolute atomic E-state index is 12.8. The minimum atomic E-state index is -0.542. The van der Waals surface area contributed by atoms with Gasteiger partial charge in [-0.05, 0) is 60.5 Å². The van der Waals surface area contributed by atoms with Gasteiger partial charge in [0.05, 0.1) is 6.10 Å². The van der Waals surface area contributed by atoms with E-state index in [1.165, 1.54) is 0 Å². The molecule has 0 unspecified atom stereocenters. The van der Waals surface area contributed by atoms with Crippen molar-refractivity contribution in [2.75, 3.05) is 0 Å². The standard InChI is InChI=1S/C23H35N3O3/c1-14(22(29)25-13-17-6-5-11-24-12-17)18-7-9-23(4)10-8-19(26-16(3)27)15(2)20(23)21(18)28/h5-6,11-12,14-15,18-21,28H,7-10,13H2,1-4H3,(H,25,29)(H,26,27)/t14-,15+,18+,19-,20+,21-,23-/m0/s1. The fraction of sp³-hybridized carbons (Fsp3) is 0.696. The van der Waals surface area contributed by atoms with Crippen molar-refractivity contribution in [2.24, 2.45) is 29.1 Å². The van der Waals surface area contributed by atoms with E-state index in [1.54, 1.807) is 19.3 Å². The van der Waals surface area contributed by atoms with E-state index in [0.717, 1.165) is 31.2 Å². The van der Waals surface area contributed by atoms with E-state index in [-0.39, 0.29) is 46.9 Å². The quantitative estimate of drug-likeness (QED) is 0.707. The van der Waals surface area contributed by atoms with Crippen LogP contribution in [0.5, 0.6) is 0 Å². The lowest BCUT2D eigenvalue weighted by molar-refractivity contribution is -0.143. The molecule has 1 heterocycles. The van der Waals surface area contributed by atoms with Gasteiger partial charge in [0.25, 0.3) is 0 Å². The second kappa shape index (κ2) is 8.82. The lowest BCUT2D eigenvalue weighted by Crippen LogP contribution is -2.58.